The molecule has 1 aliphatic rings. The van der Waals surface area contributed by atoms with Crippen LogP contribution in [0.5, 0.6) is 0 Å². The SMILES string of the molecule is O=C(CCCn1c(=O)oc2ccccc21)NC1CCCCC1. The molecule has 0 aliphatic heterocycles. The second-order valence-corrected chi connectivity index (χ2v) is 5.99. The first-order valence-corrected chi connectivity index (χ1v) is 8.12. The molecular weight excluding hydrogens is 280 g/mol. The Morgan fingerprint density at radius 3 is 2.82 bits per heavy atom. The highest BCUT2D eigenvalue weighted by molar-refractivity contribution is 5.76. The number of fused-ring (bicyclic) bond motifs is 1. The third-order valence-electron chi connectivity index (χ3n) is 4.33. The second kappa shape index (κ2) is 6.81. The van der Waals surface area contributed by atoms with Crippen LogP contribution in [0, 0.1) is 0 Å². The average Bonchev–Trinajstić information content (AvgIpc) is 2.84. The van der Waals surface area contributed by atoms with Crippen LogP contribution < -0.4 is 11.1 Å². The molecule has 22 heavy (non-hydrogen) atoms. The maximum Gasteiger partial charge on any atom is 0.419 e. The molecule has 0 bridgehead atoms. The molecule has 1 saturated carbocycles. The van der Waals surface area contributed by atoms with Gasteiger partial charge in [0.15, 0.2) is 5.58 Å². The number of benzene rings is 1. The number of nitrogens with zero attached hydrogens (tertiary/aromatic N) is 1. The summed E-state index contributed by atoms with van der Waals surface area (Å²) in [5.74, 6) is -0.262. The largest absolute Gasteiger partial charge is 0.419 e. The van der Waals surface area contributed by atoms with E-state index in [1.807, 2.05) is 18.2 Å². The Labute approximate surface area is 129 Å². The van der Waals surface area contributed by atoms with Crippen molar-refractivity contribution in [3.05, 3.63) is 34.8 Å². The van der Waals surface area contributed by atoms with Crippen molar-refractivity contribution >= 4 is 17.0 Å². The van der Waals surface area contributed by atoms with Crippen LogP contribution in [0.2, 0.25) is 0 Å². The van der Waals surface area contributed by atoms with Gasteiger partial charge in [-0.05, 0) is 31.4 Å². The molecule has 3 rings (SSSR count). The van der Waals surface area contributed by atoms with E-state index >= 15 is 0 Å². The van der Waals surface area contributed by atoms with Crippen molar-refractivity contribution in [3.8, 4) is 0 Å². The van der Waals surface area contributed by atoms with E-state index in [1.54, 1.807) is 10.6 Å². The first-order chi connectivity index (χ1) is 10.7. The fraction of sp³-hybridized carbons (Fsp3) is 0.529. The van der Waals surface area contributed by atoms with E-state index in [9.17, 15) is 9.59 Å². The van der Waals surface area contributed by atoms with Gasteiger partial charge in [0.1, 0.15) is 0 Å². The quantitative estimate of drug-likeness (QED) is 0.923. The number of amides is 1. The highest BCUT2D eigenvalue weighted by Gasteiger charge is 2.15. The molecule has 0 radical (unpaired) electrons. The predicted molar refractivity (Wildman–Crippen MR) is 84.7 cm³/mol. The van der Waals surface area contributed by atoms with E-state index in [2.05, 4.69) is 5.32 Å². The number of oxazole rings is 1. The van der Waals surface area contributed by atoms with Crippen LogP contribution in [0.4, 0.5) is 0 Å². The molecule has 118 valence electrons. The summed E-state index contributed by atoms with van der Waals surface area (Å²) in [7, 11) is 0. The highest BCUT2D eigenvalue weighted by atomic mass is 16.4. The lowest BCUT2D eigenvalue weighted by atomic mass is 9.95. The van der Waals surface area contributed by atoms with Crippen molar-refractivity contribution in [2.45, 2.75) is 57.5 Å². The summed E-state index contributed by atoms with van der Waals surface area (Å²) >= 11 is 0. The van der Waals surface area contributed by atoms with Gasteiger partial charge in [0.05, 0.1) is 5.52 Å². The minimum atomic E-state index is -0.353. The van der Waals surface area contributed by atoms with Gasteiger partial charge in [0, 0.05) is 19.0 Å². The molecule has 0 atom stereocenters. The van der Waals surface area contributed by atoms with Gasteiger partial charge in [-0.2, -0.15) is 0 Å². The van der Waals surface area contributed by atoms with Crippen molar-refractivity contribution in [1.82, 2.24) is 9.88 Å². The van der Waals surface area contributed by atoms with Crippen LogP contribution in [0.25, 0.3) is 11.1 Å². The van der Waals surface area contributed by atoms with Gasteiger partial charge in [-0.3, -0.25) is 9.36 Å². The van der Waals surface area contributed by atoms with E-state index in [4.69, 9.17) is 4.42 Å². The molecule has 1 heterocycles. The minimum absolute atomic E-state index is 0.0905. The van der Waals surface area contributed by atoms with Gasteiger partial charge in [0.25, 0.3) is 0 Å². The van der Waals surface area contributed by atoms with E-state index in [0.29, 0.717) is 31.0 Å². The number of aromatic nitrogens is 1. The van der Waals surface area contributed by atoms with Gasteiger partial charge in [-0.1, -0.05) is 31.4 Å². The molecule has 2 aromatic rings. The zero-order valence-electron chi connectivity index (χ0n) is 12.7. The lowest BCUT2D eigenvalue weighted by molar-refractivity contribution is -0.122. The molecule has 5 nitrogen and oxygen atoms in total. The number of carbonyl (C=O) groups excluding carboxylic acids is 1. The smallest absolute Gasteiger partial charge is 0.408 e. The van der Waals surface area contributed by atoms with E-state index in [0.717, 1.165) is 18.4 Å². The van der Waals surface area contributed by atoms with Gasteiger partial charge in [-0.25, -0.2) is 4.79 Å². The van der Waals surface area contributed by atoms with Crippen molar-refractivity contribution in [2.75, 3.05) is 0 Å². The molecule has 1 aromatic heterocycles. The fourth-order valence-electron chi connectivity index (χ4n) is 3.17. The van der Waals surface area contributed by atoms with Crippen molar-refractivity contribution in [2.24, 2.45) is 0 Å². The van der Waals surface area contributed by atoms with Crippen LogP contribution in [0.1, 0.15) is 44.9 Å². The predicted octanol–water partition coefficient (Wildman–Crippen LogP) is 2.82. The third-order valence-corrected chi connectivity index (χ3v) is 4.33. The standard InChI is InChI=1S/C17H22N2O3/c20-16(18-13-7-2-1-3-8-13)11-6-12-19-14-9-4-5-10-15(14)22-17(19)21/h4-5,9-10,13H,1-3,6-8,11-12H2,(H,18,20). The summed E-state index contributed by atoms with van der Waals surface area (Å²) in [6.45, 7) is 0.508. The second-order valence-electron chi connectivity index (χ2n) is 5.99. The molecule has 1 aromatic carbocycles. The van der Waals surface area contributed by atoms with E-state index in [-0.39, 0.29) is 11.7 Å². The summed E-state index contributed by atoms with van der Waals surface area (Å²) in [6, 6.07) is 7.71. The summed E-state index contributed by atoms with van der Waals surface area (Å²) in [4.78, 5) is 23.8. The highest BCUT2D eigenvalue weighted by Crippen LogP contribution is 2.17. The maximum absolute atomic E-state index is 12.0. The van der Waals surface area contributed by atoms with Crippen molar-refractivity contribution in [1.29, 1.82) is 0 Å². The monoisotopic (exact) mass is 302 g/mol. The lowest BCUT2D eigenvalue weighted by Gasteiger charge is -2.22. The van der Waals surface area contributed by atoms with Crippen LogP contribution in [-0.4, -0.2) is 16.5 Å². The number of hydrogen-bond donors (Lipinski definition) is 1. The average molecular weight is 302 g/mol. The van der Waals surface area contributed by atoms with Crippen LogP contribution >= 0.6 is 0 Å². The molecule has 5 heteroatoms. The molecule has 1 fully saturated rings. The molecule has 1 aliphatic carbocycles. The summed E-state index contributed by atoms with van der Waals surface area (Å²) in [6.07, 6.45) is 6.98. The Bertz CT molecular complexity index is 695. The first-order valence-electron chi connectivity index (χ1n) is 8.12. The zero-order valence-corrected chi connectivity index (χ0v) is 12.7. The number of carbonyl (C=O) groups is 1. The van der Waals surface area contributed by atoms with Gasteiger partial charge >= 0.3 is 5.76 Å². The Balaban J connectivity index is 1.52. The van der Waals surface area contributed by atoms with E-state index < -0.39 is 0 Å². The Morgan fingerprint density at radius 1 is 1.23 bits per heavy atom. The first kappa shape index (κ1) is 14.9. The van der Waals surface area contributed by atoms with Crippen molar-refractivity contribution < 1.29 is 9.21 Å². The summed E-state index contributed by atoms with van der Waals surface area (Å²) < 4.78 is 6.79. The number of nitrogens with one attached hydrogen (secondary N) is 1. The van der Waals surface area contributed by atoms with Gasteiger partial charge < -0.3 is 9.73 Å². The molecule has 0 spiro atoms. The van der Waals surface area contributed by atoms with Crippen LogP contribution in [-0.2, 0) is 11.3 Å². The lowest BCUT2D eigenvalue weighted by Crippen LogP contribution is -2.36. The molecule has 0 unspecified atom stereocenters. The molecule has 1 amide bonds. The maximum atomic E-state index is 12.0. The number of aryl methyl sites for hydroxylation is 1. The zero-order chi connectivity index (χ0) is 15.4. The van der Waals surface area contributed by atoms with Crippen LogP contribution in [0.15, 0.2) is 33.5 Å². The Kier molecular flexibility index (Phi) is 4.61. The summed E-state index contributed by atoms with van der Waals surface area (Å²) in [5, 5.41) is 3.10. The third kappa shape index (κ3) is 3.40. The van der Waals surface area contributed by atoms with Crippen molar-refractivity contribution in [3.63, 3.8) is 0 Å². The number of hydrogen-bond acceptors (Lipinski definition) is 3. The van der Waals surface area contributed by atoms with E-state index in [1.165, 1.54) is 19.3 Å². The molecular formula is C17H22N2O3. The van der Waals surface area contributed by atoms with Gasteiger partial charge in [0.2, 0.25) is 5.91 Å². The molecule has 1 N–H and O–H groups in total. The Hall–Kier alpha value is -2.04. The normalized spacial score (nSPS) is 16.0. The van der Waals surface area contributed by atoms with Crippen LogP contribution in [0.3, 0.4) is 0 Å². The topological polar surface area (TPSA) is 64.2 Å². The summed E-state index contributed by atoms with van der Waals surface area (Å²) in [5.41, 5.74) is 1.39. The molecule has 0 saturated heterocycles. The number of para-hydroxylation sites is 2. The number of rotatable bonds is 5. The minimum Gasteiger partial charge on any atom is -0.408 e. The fourth-order valence-corrected chi connectivity index (χ4v) is 3.17. The van der Waals surface area contributed by atoms with Gasteiger partial charge in [-0.15, -0.1) is 0 Å². The Morgan fingerprint density at radius 2 is 2.00 bits per heavy atom.